The molecule has 23 heavy (non-hydrogen) atoms. The monoisotopic (exact) mass is 473 g/mol. The van der Waals surface area contributed by atoms with E-state index in [4.69, 9.17) is 0 Å². The van der Waals surface area contributed by atoms with Gasteiger partial charge in [-0.05, 0) is 43.8 Å². The van der Waals surface area contributed by atoms with Crippen molar-refractivity contribution >= 4 is 51.5 Å². The van der Waals surface area contributed by atoms with Crippen molar-refractivity contribution in [1.82, 2.24) is 10.6 Å². The standard InChI is InChI=1S/C15H27N3O2S2.HI/c19-22(20)8-6-12(11-22)9-16-15(18-13-4-5-13)17-10-14-3-1-2-7-21-14;/h12-14H,1-11H2,(H2,16,17,18);1H. The predicted molar refractivity (Wildman–Crippen MR) is 109 cm³/mol. The Morgan fingerprint density at radius 3 is 2.61 bits per heavy atom. The van der Waals surface area contributed by atoms with Crippen LogP contribution in [0.2, 0.25) is 0 Å². The third-order valence-corrected chi connectivity index (χ3v) is 7.76. The van der Waals surface area contributed by atoms with Crippen LogP contribution < -0.4 is 10.6 Å². The number of sulfone groups is 1. The summed E-state index contributed by atoms with van der Waals surface area (Å²) in [5, 5.41) is 7.62. The number of thioether (sulfide) groups is 1. The molecule has 134 valence electrons. The van der Waals surface area contributed by atoms with Crippen LogP contribution in [0.5, 0.6) is 0 Å². The minimum Gasteiger partial charge on any atom is -0.355 e. The predicted octanol–water partition coefficient (Wildman–Crippen LogP) is 2.02. The molecule has 0 aromatic heterocycles. The Morgan fingerprint density at radius 2 is 2.00 bits per heavy atom. The van der Waals surface area contributed by atoms with Gasteiger partial charge < -0.3 is 10.6 Å². The Balaban J connectivity index is 0.00000192. The number of rotatable bonds is 5. The fraction of sp³-hybridized carbons (Fsp3) is 0.933. The maximum absolute atomic E-state index is 11.5. The van der Waals surface area contributed by atoms with E-state index in [1.54, 1.807) is 0 Å². The fourth-order valence-electron chi connectivity index (χ4n) is 2.99. The van der Waals surface area contributed by atoms with Crippen molar-refractivity contribution in [2.45, 2.75) is 49.8 Å². The zero-order valence-corrected chi connectivity index (χ0v) is 17.5. The van der Waals surface area contributed by atoms with Gasteiger partial charge in [-0.2, -0.15) is 11.8 Å². The third-order valence-electron chi connectivity index (χ3n) is 4.52. The molecule has 2 saturated heterocycles. The average molecular weight is 473 g/mol. The number of guanidine groups is 1. The minimum atomic E-state index is -2.80. The van der Waals surface area contributed by atoms with Crippen LogP contribution in [0.3, 0.4) is 0 Å². The van der Waals surface area contributed by atoms with E-state index in [0.29, 0.717) is 29.3 Å². The molecule has 2 atom stereocenters. The summed E-state index contributed by atoms with van der Waals surface area (Å²) in [6, 6.07) is 0.567. The van der Waals surface area contributed by atoms with Gasteiger partial charge >= 0.3 is 0 Å². The summed E-state index contributed by atoms with van der Waals surface area (Å²) < 4.78 is 23.0. The minimum absolute atomic E-state index is 0. The van der Waals surface area contributed by atoms with Crippen LogP contribution in [-0.2, 0) is 9.84 Å². The molecule has 3 aliphatic rings. The molecule has 0 radical (unpaired) electrons. The smallest absolute Gasteiger partial charge is 0.191 e. The quantitative estimate of drug-likeness (QED) is 0.363. The summed E-state index contributed by atoms with van der Waals surface area (Å²) in [6.07, 6.45) is 7.17. The highest BCUT2D eigenvalue weighted by Crippen LogP contribution is 2.24. The molecule has 5 nitrogen and oxygen atoms in total. The van der Waals surface area contributed by atoms with Gasteiger partial charge in [0.2, 0.25) is 0 Å². The fourth-order valence-corrected chi connectivity index (χ4v) is 6.08. The van der Waals surface area contributed by atoms with Crippen LogP contribution in [0.1, 0.15) is 38.5 Å². The zero-order valence-electron chi connectivity index (χ0n) is 13.5. The zero-order chi connectivity index (χ0) is 15.4. The number of nitrogens with one attached hydrogen (secondary N) is 2. The SMILES string of the molecule is I.O=S1(=O)CCC(CN=C(NCC2CCCCS2)NC2CC2)C1. The molecule has 0 aromatic rings. The van der Waals surface area contributed by atoms with Crippen molar-refractivity contribution in [1.29, 1.82) is 0 Å². The largest absolute Gasteiger partial charge is 0.355 e. The summed E-state index contributed by atoms with van der Waals surface area (Å²) in [5.74, 6) is 3.01. The molecule has 2 unspecified atom stereocenters. The molecule has 0 amide bonds. The highest BCUT2D eigenvalue weighted by Gasteiger charge is 2.28. The number of aliphatic imine (C=N–C) groups is 1. The lowest BCUT2D eigenvalue weighted by Crippen LogP contribution is -2.42. The van der Waals surface area contributed by atoms with E-state index in [9.17, 15) is 8.42 Å². The number of hydrogen-bond donors (Lipinski definition) is 2. The lowest BCUT2D eigenvalue weighted by atomic mass is 10.1. The molecule has 0 aromatic carbocycles. The lowest BCUT2D eigenvalue weighted by molar-refractivity contribution is 0.588. The molecule has 2 N–H and O–H groups in total. The number of hydrogen-bond acceptors (Lipinski definition) is 4. The normalized spacial score (nSPS) is 30.5. The van der Waals surface area contributed by atoms with Gasteiger partial charge in [-0.1, -0.05) is 6.42 Å². The van der Waals surface area contributed by atoms with Gasteiger partial charge in [0.1, 0.15) is 0 Å². The molecule has 2 aliphatic heterocycles. The third kappa shape index (κ3) is 6.97. The number of halogens is 1. The van der Waals surface area contributed by atoms with Crippen LogP contribution in [-0.4, -0.2) is 56.0 Å². The summed E-state index contributed by atoms with van der Waals surface area (Å²) in [5.41, 5.74) is 0. The number of nitrogens with zero attached hydrogens (tertiary/aromatic N) is 1. The molecule has 8 heteroatoms. The van der Waals surface area contributed by atoms with E-state index in [0.717, 1.165) is 18.9 Å². The van der Waals surface area contributed by atoms with Gasteiger partial charge in [-0.25, -0.2) is 8.42 Å². The van der Waals surface area contributed by atoms with Crippen LogP contribution in [0.25, 0.3) is 0 Å². The Morgan fingerprint density at radius 1 is 1.17 bits per heavy atom. The van der Waals surface area contributed by atoms with Crippen LogP contribution in [0.4, 0.5) is 0 Å². The molecular formula is C15H28IN3O2S2. The molecule has 0 bridgehead atoms. The summed E-state index contributed by atoms with van der Waals surface area (Å²) in [4.78, 5) is 4.66. The van der Waals surface area contributed by atoms with Gasteiger partial charge in [-0.3, -0.25) is 4.99 Å². The van der Waals surface area contributed by atoms with Crippen LogP contribution >= 0.6 is 35.7 Å². The second-order valence-corrected chi connectivity index (χ2v) is 10.4. The molecule has 3 rings (SSSR count). The lowest BCUT2D eigenvalue weighted by Gasteiger charge is -2.23. The topological polar surface area (TPSA) is 70.6 Å². The molecule has 1 saturated carbocycles. The molecular weight excluding hydrogens is 445 g/mol. The van der Waals surface area contributed by atoms with Crippen molar-refractivity contribution < 1.29 is 8.42 Å². The van der Waals surface area contributed by atoms with E-state index >= 15 is 0 Å². The Labute approximate surface area is 161 Å². The van der Waals surface area contributed by atoms with Gasteiger partial charge in [0.25, 0.3) is 0 Å². The van der Waals surface area contributed by atoms with Crippen LogP contribution in [0.15, 0.2) is 4.99 Å². The molecule has 3 fully saturated rings. The highest BCUT2D eigenvalue weighted by molar-refractivity contribution is 14.0. The van der Waals surface area contributed by atoms with E-state index in [-0.39, 0.29) is 29.9 Å². The second kappa shape index (κ2) is 9.12. The van der Waals surface area contributed by atoms with Gasteiger partial charge in [0.05, 0.1) is 11.5 Å². The van der Waals surface area contributed by atoms with E-state index in [1.165, 1.54) is 37.9 Å². The first kappa shape index (κ1) is 19.6. The Hall–Kier alpha value is 0.300. The highest BCUT2D eigenvalue weighted by atomic mass is 127. The van der Waals surface area contributed by atoms with Crippen molar-refractivity contribution in [3.8, 4) is 0 Å². The van der Waals surface area contributed by atoms with Crippen molar-refractivity contribution in [2.24, 2.45) is 10.9 Å². The summed E-state index contributed by atoms with van der Waals surface area (Å²) in [6.45, 7) is 1.59. The van der Waals surface area contributed by atoms with Gasteiger partial charge in [-0.15, -0.1) is 24.0 Å². The van der Waals surface area contributed by atoms with Gasteiger partial charge in [0.15, 0.2) is 15.8 Å². The maximum atomic E-state index is 11.5. The molecule has 1 aliphatic carbocycles. The first-order chi connectivity index (χ1) is 10.6. The maximum Gasteiger partial charge on any atom is 0.191 e. The summed E-state index contributed by atoms with van der Waals surface area (Å²) >= 11 is 2.06. The van der Waals surface area contributed by atoms with Crippen molar-refractivity contribution in [3.05, 3.63) is 0 Å². The molecule has 2 heterocycles. The molecule has 0 spiro atoms. The van der Waals surface area contributed by atoms with E-state index in [2.05, 4.69) is 27.4 Å². The van der Waals surface area contributed by atoms with E-state index in [1.807, 2.05) is 0 Å². The first-order valence-electron chi connectivity index (χ1n) is 8.47. The van der Waals surface area contributed by atoms with Gasteiger partial charge in [0, 0.05) is 24.4 Å². The average Bonchev–Trinajstić information content (AvgIpc) is 3.25. The summed E-state index contributed by atoms with van der Waals surface area (Å²) in [7, 11) is -2.80. The van der Waals surface area contributed by atoms with Crippen molar-refractivity contribution in [3.63, 3.8) is 0 Å². The Bertz CT molecular complexity index is 503. The first-order valence-corrected chi connectivity index (χ1v) is 11.3. The van der Waals surface area contributed by atoms with Crippen molar-refractivity contribution in [2.75, 3.05) is 30.3 Å². The van der Waals surface area contributed by atoms with E-state index < -0.39 is 9.84 Å². The Kier molecular flexibility index (Phi) is 7.78. The second-order valence-electron chi connectivity index (χ2n) is 6.75. The van der Waals surface area contributed by atoms with Crippen LogP contribution in [0, 0.1) is 5.92 Å².